The molecule has 1 atom stereocenters. The minimum atomic E-state index is -0.219. The number of benzene rings is 4. The van der Waals surface area contributed by atoms with Crippen molar-refractivity contribution in [1.29, 1.82) is 0 Å². The predicted octanol–water partition coefficient (Wildman–Crippen LogP) is 6.96. The molecular formula is C29H30N2O2. The van der Waals surface area contributed by atoms with Crippen molar-refractivity contribution < 1.29 is 9.57 Å². The first-order valence-electron chi connectivity index (χ1n) is 11.4. The fourth-order valence-electron chi connectivity index (χ4n) is 4.65. The molecule has 0 spiro atoms. The van der Waals surface area contributed by atoms with Crippen LogP contribution in [-0.2, 0) is 6.54 Å². The first-order chi connectivity index (χ1) is 16.0. The Labute approximate surface area is 195 Å². The van der Waals surface area contributed by atoms with Crippen LogP contribution >= 0.6 is 0 Å². The van der Waals surface area contributed by atoms with Gasteiger partial charge in [-0.3, -0.25) is 0 Å². The second kappa shape index (κ2) is 8.45. The highest BCUT2D eigenvalue weighted by molar-refractivity contribution is 6.03. The largest absolute Gasteiger partial charge is 0.494 e. The number of nitrogens with one attached hydrogen (secondary N) is 1. The third kappa shape index (κ3) is 3.81. The number of methoxy groups -OCH3 is 1. The number of fused-ring (bicyclic) bond motifs is 3. The maximum absolute atomic E-state index is 6.64. The zero-order valence-electron chi connectivity index (χ0n) is 19.6. The zero-order valence-corrected chi connectivity index (χ0v) is 19.6. The minimum Gasteiger partial charge on any atom is -0.494 e. The van der Waals surface area contributed by atoms with Gasteiger partial charge in [0.15, 0.2) is 11.5 Å². The van der Waals surface area contributed by atoms with E-state index in [9.17, 15) is 0 Å². The van der Waals surface area contributed by atoms with Crippen LogP contribution in [0.3, 0.4) is 0 Å². The van der Waals surface area contributed by atoms with Gasteiger partial charge in [-0.15, -0.1) is 5.06 Å². The molecule has 0 amide bonds. The fourth-order valence-corrected chi connectivity index (χ4v) is 4.65. The smallest absolute Gasteiger partial charge is 0.164 e. The van der Waals surface area contributed by atoms with Crippen LogP contribution in [0.1, 0.15) is 43.5 Å². The maximum Gasteiger partial charge on any atom is 0.164 e. The average molecular weight is 439 g/mol. The standard InChI is InChI=1S/C29H30N2O2/c1-29(2,3)31-26(21-15-9-6-10-16-21)24-27(33-31)23-18-12-11-17-22(23)25(28(24)32-4)30-19-20-13-7-5-8-14-20/h5-18,26,30H,19H2,1-4H3. The number of nitrogens with zero attached hydrogens (tertiary/aromatic N) is 1. The van der Waals surface area contributed by atoms with Crippen LogP contribution in [0.5, 0.6) is 11.5 Å². The lowest BCUT2D eigenvalue weighted by Gasteiger charge is -2.35. The van der Waals surface area contributed by atoms with Gasteiger partial charge in [-0.2, -0.15) is 0 Å². The quantitative estimate of drug-likeness (QED) is 0.365. The molecule has 0 saturated heterocycles. The molecule has 4 aromatic rings. The molecule has 0 saturated carbocycles. The lowest BCUT2D eigenvalue weighted by Crippen LogP contribution is -2.43. The summed E-state index contributed by atoms with van der Waals surface area (Å²) in [5.74, 6) is 1.71. The molecule has 0 radical (unpaired) electrons. The highest BCUT2D eigenvalue weighted by Crippen LogP contribution is 2.55. The Kier molecular flexibility index (Phi) is 5.47. The van der Waals surface area contributed by atoms with E-state index >= 15 is 0 Å². The Morgan fingerprint density at radius 3 is 2.09 bits per heavy atom. The van der Waals surface area contributed by atoms with E-state index in [1.54, 1.807) is 7.11 Å². The number of anilines is 1. The molecule has 0 aliphatic carbocycles. The zero-order chi connectivity index (χ0) is 23.0. The summed E-state index contributed by atoms with van der Waals surface area (Å²) in [7, 11) is 1.75. The first kappa shape index (κ1) is 21.4. The Morgan fingerprint density at radius 2 is 1.45 bits per heavy atom. The van der Waals surface area contributed by atoms with Crippen LogP contribution < -0.4 is 14.9 Å². The molecule has 4 heteroatoms. The van der Waals surface area contributed by atoms with Crippen molar-refractivity contribution in [2.45, 2.75) is 38.9 Å². The maximum atomic E-state index is 6.64. The molecule has 0 aromatic heterocycles. The third-order valence-corrected chi connectivity index (χ3v) is 6.15. The van der Waals surface area contributed by atoms with Crippen molar-refractivity contribution in [1.82, 2.24) is 5.06 Å². The normalized spacial score (nSPS) is 15.8. The van der Waals surface area contributed by atoms with Gasteiger partial charge in [0.1, 0.15) is 6.04 Å². The van der Waals surface area contributed by atoms with Crippen molar-refractivity contribution in [2.24, 2.45) is 0 Å². The van der Waals surface area contributed by atoms with Crippen LogP contribution in [0.4, 0.5) is 5.69 Å². The van der Waals surface area contributed by atoms with Crippen molar-refractivity contribution in [3.8, 4) is 11.5 Å². The van der Waals surface area contributed by atoms with Gasteiger partial charge in [0, 0.05) is 22.9 Å². The molecule has 1 aliphatic rings. The van der Waals surface area contributed by atoms with E-state index in [1.807, 2.05) is 12.1 Å². The molecule has 1 aliphatic heterocycles. The third-order valence-electron chi connectivity index (χ3n) is 6.15. The van der Waals surface area contributed by atoms with E-state index < -0.39 is 0 Å². The molecule has 0 bridgehead atoms. The van der Waals surface area contributed by atoms with Gasteiger partial charge >= 0.3 is 0 Å². The summed E-state index contributed by atoms with van der Waals surface area (Å²) in [5.41, 5.74) is 4.23. The van der Waals surface area contributed by atoms with Crippen LogP contribution in [0.25, 0.3) is 10.8 Å². The summed E-state index contributed by atoms with van der Waals surface area (Å²) < 4.78 is 6.13. The second-order valence-corrected chi connectivity index (χ2v) is 9.44. The molecule has 1 unspecified atom stereocenters. The molecule has 168 valence electrons. The summed E-state index contributed by atoms with van der Waals surface area (Å²) >= 11 is 0. The van der Waals surface area contributed by atoms with E-state index in [0.29, 0.717) is 6.54 Å². The van der Waals surface area contributed by atoms with Gasteiger partial charge < -0.3 is 14.9 Å². The minimum absolute atomic E-state index is 0.0852. The van der Waals surface area contributed by atoms with E-state index in [4.69, 9.17) is 9.57 Å². The summed E-state index contributed by atoms with van der Waals surface area (Å²) in [6, 6.07) is 29.3. The SMILES string of the molecule is COc1c2c(c3ccccc3c1NCc1ccccc1)ON(C(C)(C)C)C2c1ccccc1. The number of ether oxygens (including phenoxy) is 1. The first-order valence-corrected chi connectivity index (χ1v) is 11.4. The van der Waals surface area contributed by atoms with Gasteiger partial charge in [0.25, 0.3) is 0 Å². The van der Waals surface area contributed by atoms with E-state index in [-0.39, 0.29) is 11.6 Å². The van der Waals surface area contributed by atoms with Crippen molar-refractivity contribution >= 4 is 16.5 Å². The number of rotatable bonds is 5. The molecule has 1 heterocycles. The lowest BCUT2D eigenvalue weighted by molar-refractivity contribution is -0.128. The Morgan fingerprint density at radius 1 is 0.848 bits per heavy atom. The van der Waals surface area contributed by atoms with Gasteiger partial charge in [-0.05, 0) is 31.9 Å². The predicted molar refractivity (Wildman–Crippen MR) is 135 cm³/mol. The van der Waals surface area contributed by atoms with Gasteiger partial charge in [0.2, 0.25) is 0 Å². The van der Waals surface area contributed by atoms with Gasteiger partial charge in [0.05, 0.1) is 18.4 Å². The van der Waals surface area contributed by atoms with Crippen LogP contribution in [0.15, 0.2) is 84.9 Å². The lowest BCUT2D eigenvalue weighted by atomic mass is 9.91. The summed E-state index contributed by atoms with van der Waals surface area (Å²) in [4.78, 5) is 6.64. The summed E-state index contributed by atoms with van der Waals surface area (Å²) in [6.07, 6.45) is 0. The Hall–Kier alpha value is -3.50. The average Bonchev–Trinajstić information content (AvgIpc) is 3.25. The molecule has 1 N–H and O–H groups in total. The molecule has 0 fully saturated rings. The Balaban J connectivity index is 1.73. The van der Waals surface area contributed by atoms with E-state index in [2.05, 4.69) is 104 Å². The van der Waals surface area contributed by atoms with E-state index in [1.165, 1.54) is 11.1 Å². The molecular weight excluding hydrogens is 408 g/mol. The van der Waals surface area contributed by atoms with Gasteiger partial charge in [-0.25, -0.2) is 0 Å². The monoisotopic (exact) mass is 438 g/mol. The molecule has 5 rings (SSSR count). The summed E-state index contributed by atoms with van der Waals surface area (Å²) in [5, 5.41) is 7.95. The number of hydrogen-bond donors (Lipinski definition) is 1. The molecule has 4 aromatic carbocycles. The van der Waals surface area contributed by atoms with Crippen molar-refractivity contribution in [3.63, 3.8) is 0 Å². The highest BCUT2D eigenvalue weighted by Gasteiger charge is 2.44. The Bertz CT molecular complexity index is 1260. The number of hydroxylamine groups is 2. The molecule has 33 heavy (non-hydrogen) atoms. The summed E-state index contributed by atoms with van der Waals surface area (Å²) in [6.45, 7) is 7.24. The topological polar surface area (TPSA) is 33.7 Å². The van der Waals surface area contributed by atoms with Crippen LogP contribution in [0, 0.1) is 0 Å². The van der Waals surface area contributed by atoms with Gasteiger partial charge in [-0.1, -0.05) is 84.9 Å². The van der Waals surface area contributed by atoms with Crippen LogP contribution in [0.2, 0.25) is 0 Å². The number of hydrogen-bond acceptors (Lipinski definition) is 4. The molecule has 4 nitrogen and oxygen atoms in total. The van der Waals surface area contributed by atoms with Crippen LogP contribution in [-0.4, -0.2) is 17.7 Å². The fraction of sp³-hybridized carbons (Fsp3) is 0.241. The van der Waals surface area contributed by atoms with E-state index in [0.717, 1.165) is 33.5 Å². The van der Waals surface area contributed by atoms with Crippen molar-refractivity contribution in [2.75, 3.05) is 12.4 Å². The van der Waals surface area contributed by atoms with Crippen molar-refractivity contribution in [3.05, 3.63) is 102 Å². The highest BCUT2D eigenvalue weighted by atomic mass is 16.7. The second-order valence-electron chi connectivity index (χ2n) is 9.44.